The number of benzene rings is 1. The van der Waals surface area contributed by atoms with E-state index in [1.54, 1.807) is 19.1 Å². The topological polar surface area (TPSA) is 58.6 Å². The molecule has 0 unspecified atom stereocenters. The first-order chi connectivity index (χ1) is 9.02. The second kappa shape index (κ2) is 7.53. The molecule has 0 fully saturated rings. The highest BCUT2D eigenvalue weighted by Crippen LogP contribution is 2.06. The van der Waals surface area contributed by atoms with Gasteiger partial charge >= 0.3 is 5.97 Å². The van der Waals surface area contributed by atoms with Crippen molar-refractivity contribution in [3.05, 3.63) is 35.4 Å². The number of nitrogens with zero attached hydrogens (tertiary/aromatic N) is 1. The summed E-state index contributed by atoms with van der Waals surface area (Å²) >= 11 is 0. The summed E-state index contributed by atoms with van der Waals surface area (Å²) in [7, 11) is 3.97. The normalized spacial score (nSPS) is 10.3. The molecule has 0 saturated heterocycles. The Balaban J connectivity index is 2.51. The van der Waals surface area contributed by atoms with Crippen LogP contribution in [0.25, 0.3) is 0 Å². The van der Waals surface area contributed by atoms with E-state index < -0.39 is 5.97 Å². The molecule has 0 bridgehead atoms. The van der Waals surface area contributed by atoms with Crippen LogP contribution in [0.3, 0.4) is 0 Å². The maximum absolute atomic E-state index is 11.8. The van der Waals surface area contributed by atoms with Gasteiger partial charge in [-0.1, -0.05) is 12.1 Å². The Morgan fingerprint density at radius 2 is 1.84 bits per heavy atom. The summed E-state index contributed by atoms with van der Waals surface area (Å²) in [6, 6.07) is 7.30. The molecule has 0 saturated carbocycles. The molecule has 1 N–H and O–H groups in total. The minimum atomic E-state index is -0.430. The third-order valence-corrected chi connectivity index (χ3v) is 2.41. The average molecular weight is 264 g/mol. The average Bonchev–Trinajstić information content (AvgIpc) is 2.36. The van der Waals surface area contributed by atoms with Crippen molar-refractivity contribution < 1.29 is 14.3 Å². The molecule has 0 radical (unpaired) electrons. The minimum absolute atomic E-state index is 0.105. The lowest BCUT2D eigenvalue weighted by atomic mass is 10.1. The summed E-state index contributed by atoms with van der Waals surface area (Å²) < 4.78 is 4.73. The molecule has 0 heterocycles. The van der Waals surface area contributed by atoms with Crippen LogP contribution in [0.2, 0.25) is 0 Å². The number of carbonyl (C=O) groups is 2. The van der Waals surface area contributed by atoms with Gasteiger partial charge in [-0.3, -0.25) is 9.59 Å². The number of hydrogen-bond donors (Lipinski definition) is 1. The fourth-order valence-electron chi connectivity index (χ4n) is 1.59. The van der Waals surface area contributed by atoms with Crippen LogP contribution in [-0.2, 0) is 16.1 Å². The van der Waals surface area contributed by atoms with Crippen LogP contribution in [0.5, 0.6) is 0 Å². The number of rotatable bonds is 6. The lowest BCUT2D eigenvalue weighted by Crippen LogP contribution is -2.30. The van der Waals surface area contributed by atoms with Crippen molar-refractivity contribution in [2.45, 2.75) is 13.5 Å². The first-order valence-corrected chi connectivity index (χ1v) is 6.20. The highest BCUT2D eigenvalue weighted by molar-refractivity contribution is 5.95. The molecule has 0 atom stereocenters. The first-order valence-electron chi connectivity index (χ1n) is 6.20. The Kier molecular flexibility index (Phi) is 6.02. The Bertz CT molecular complexity index is 427. The minimum Gasteiger partial charge on any atom is -0.465 e. The molecule has 0 aromatic heterocycles. The van der Waals surface area contributed by atoms with Crippen molar-refractivity contribution in [1.82, 2.24) is 10.2 Å². The van der Waals surface area contributed by atoms with Crippen molar-refractivity contribution in [3.8, 4) is 0 Å². The number of ether oxygens (including phenoxy) is 1. The summed E-state index contributed by atoms with van der Waals surface area (Å²) in [6.45, 7) is 2.76. The van der Waals surface area contributed by atoms with Crippen LogP contribution in [0.1, 0.15) is 22.8 Å². The lowest BCUT2D eigenvalue weighted by molar-refractivity contribution is -0.141. The van der Waals surface area contributed by atoms with Gasteiger partial charge < -0.3 is 15.0 Å². The highest BCUT2D eigenvalue weighted by Gasteiger charge is 2.08. The zero-order valence-electron chi connectivity index (χ0n) is 11.6. The first kappa shape index (κ1) is 15.2. The summed E-state index contributed by atoms with van der Waals surface area (Å²) in [5, 5.41) is 2.52. The van der Waals surface area contributed by atoms with Gasteiger partial charge in [0.05, 0.1) is 6.61 Å². The van der Waals surface area contributed by atoms with Crippen molar-refractivity contribution in [2.75, 3.05) is 27.2 Å². The highest BCUT2D eigenvalue weighted by atomic mass is 16.5. The molecule has 0 aliphatic carbocycles. The second-order valence-electron chi connectivity index (χ2n) is 4.42. The molecule has 5 nitrogen and oxygen atoms in total. The molecule has 1 amide bonds. The van der Waals surface area contributed by atoms with E-state index in [4.69, 9.17) is 4.74 Å². The predicted octanol–water partition coefficient (Wildman–Crippen LogP) is 1.04. The van der Waals surface area contributed by atoms with E-state index in [1.165, 1.54) is 0 Å². The van der Waals surface area contributed by atoms with Crippen LogP contribution >= 0.6 is 0 Å². The maximum atomic E-state index is 11.8. The fraction of sp³-hybridized carbons (Fsp3) is 0.429. The number of nitrogens with one attached hydrogen (secondary N) is 1. The number of carbonyl (C=O) groups excluding carboxylic acids is 2. The monoisotopic (exact) mass is 264 g/mol. The van der Waals surface area contributed by atoms with Crippen LogP contribution < -0.4 is 5.32 Å². The van der Waals surface area contributed by atoms with E-state index in [9.17, 15) is 9.59 Å². The fourth-order valence-corrected chi connectivity index (χ4v) is 1.59. The second-order valence-corrected chi connectivity index (χ2v) is 4.42. The molecule has 1 aromatic carbocycles. The van der Waals surface area contributed by atoms with E-state index in [2.05, 4.69) is 10.2 Å². The molecular weight excluding hydrogens is 244 g/mol. The number of amides is 1. The zero-order valence-corrected chi connectivity index (χ0v) is 11.6. The van der Waals surface area contributed by atoms with E-state index in [0.717, 1.165) is 12.1 Å². The zero-order chi connectivity index (χ0) is 14.3. The van der Waals surface area contributed by atoms with Crippen molar-refractivity contribution in [2.24, 2.45) is 0 Å². The number of hydrogen-bond acceptors (Lipinski definition) is 4. The van der Waals surface area contributed by atoms with Crippen LogP contribution in [-0.4, -0.2) is 44.0 Å². The van der Waals surface area contributed by atoms with E-state index >= 15 is 0 Å². The molecule has 1 rings (SSSR count). The Morgan fingerprint density at radius 3 is 2.37 bits per heavy atom. The van der Waals surface area contributed by atoms with Crippen LogP contribution in [0.15, 0.2) is 24.3 Å². The molecule has 0 aliphatic heterocycles. The van der Waals surface area contributed by atoms with Gasteiger partial charge in [0, 0.05) is 12.1 Å². The third kappa shape index (κ3) is 5.52. The van der Waals surface area contributed by atoms with Crippen molar-refractivity contribution in [3.63, 3.8) is 0 Å². The van der Waals surface area contributed by atoms with E-state index in [1.807, 2.05) is 26.2 Å². The standard InChI is InChI=1S/C14H20N2O3/c1-4-19-13(17)9-15-14(18)12-7-5-11(6-8-12)10-16(2)3/h5-8H,4,9-10H2,1-3H3,(H,15,18). The number of esters is 1. The van der Waals surface area contributed by atoms with Gasteiger partial charge in [-0.05, 0) is 38.7 Å². The van der Waals surface area contributed by atoms with E-state index in [0.29, 0.717) is 12.2 Å². The molecule has 19 heavy (non-hydrogen) atoms. The third-order valence-electron chi connectivity index (χ3n) is 2.41. The molecule has 1 aromatic rings. The summed E-state index contributed by atoms with van der Waals surface area (Å²) in [6.07, 6.45) is 0. The van der Waals surface area contributed by atoms with Gasteiger partial charge in [-0.15, -0.1) is 0 Å². The van der Waals surface area contributed by atoms with Crippen LogP contribution in [0, 0.1) is 0 Å². The summed E-state index contributed by atoms with van der Waals surface area (Å²) in [5.41, 5.74) is 1.67. The molecule has 5 heteroatoms. The largest absolute Gasteiger partial charge is 0.465 e. The summed E-state index contributed by atoms with van der Waals surface area (Å²) in [4.78, 5) is 24.9. The summed E-state index contributed by atoms with van der Waals surface area (Å²) in [5.74, 6) is -0.704. The van der Waals surface area contributed by atoms with Gasteiger partial charge in [0.15, 0.2) is 0 Å². The Hall–Kier alpha value is -1.88. The van der Waals surface area contributed by atoms with E-state index in [-0.39, 0.29) is 12.5 Å². The van der Waals surface area contributed by atoms with Gasteiger partial charge in [-0.25, -0.2) is 0 Å². The smallest absolute Gasteiger partial charge is 0.325 e. The Labute approximate surface area is 113 Å². The van der Waals surface area contributed by atoms with Crippen LogP contribution in [0.4, 0.5) is 0 Å². The quantitative estimate of drug-likeness (QED) is 0.780. The predicted molar refractivity (Wildman–Crippen MR) is 72.8 cm³/mol. The van der Waals surface area contributed by atoms with Gasteiger partial charge in [0.25, 0.3) is 5.91 Å². The molecule has 104 valence electrons. The molecule has 0 spiro atoms. The van der Waals surface area contributed by atoms with Gasteiger partial charge in [0.1, 0.15) is 6.54 Å². The van der Waals surface area contributed by atoms with Crippen molar-refractivity contribution in [1.29, 1.82) is 0 Å². The van der Waals surface area contributed by atoms with Gasteiger partial charge in [-0.2, -0.15) is 0 Å². The molecule has 0 aliphatic rings. The van der Waals surface area contributed by atoms with Gasteiger partial charge in [0.2, 0.25) is 0 Å². The maximum Gasteiger partial charge on any atom is 0.325 e. The molecular formula is C14H20N2O3. The lowest BCUT2D eigenvalue weighted by Gasteiger charge is -2.10. The Morgan fingerprint density at radius 1 is 1.21 bits per heavy atom. The van der Waals surface area contributed by atoms with Crippen molar-refractivity contribution >= 4 is 11.9 Å². The SMILES string of the molecule is CCOC(=O)CNC(=O)c1ccc(CN(C)C)cc1.